The molecule has 0 spiro atoms. The predicted molar refractivity (Wildman–Crippen MR) is 91.6 cm³/mol. The van der Waals surface area contributed by atoms with Gasteiger partial charge in [0.2, 0.25) is 11.8 Å². The Kier molecular flexibility index (Phi) is 6.29. The van der Waals surface area contributed by atoms with Crippen LogP contribution >= 0.6 is 0 Å². The summed E-state index contributed by atoms with van der Waals surface area (Å²) in [6, 6.07) is 9.58. The van der Waals surface area contributed by atoms with Crippen molar-refractivity contribution in [2.45, 2.75) is 19.0 Å². The average Bonchev–Trinajstić information content (AvgIpc) is 3.00. The number of hydrogen-bond acceptors (Lipinski definition) is 3. The van der Waals surface area contributed by atoms with Crippen LogP contribution in [0, 0.1) is 0 Å². The summed E-state index contributed by atoms with van der Waals surface area (Å²) in [6.07, 6.45) is 7.28. The van der Waals surface area contributed by atoms with E-state index in [-0.39, 0.29) is 18.0 Å². The fourth-order valence-electron chi connectivity index (χ4n) is 2.38. The van der Waals surface area contributed by atoms with Crippen molar-refractivity contribution >= 4 is 28.7 Å². The van der Waals surface area contributed by atoms with Crippen molar-refractivity contribution in [3.05, 3.63) is 53.5 Å². The van der Waals surface area contributed by atoms with E-state index in [4.69, 9.17) is 0 Å². The summed E-state index contributed by atoms with van der Waals surface area (Å²) in [5, 5.41) is 4.10. The topological polar surface area (TPSA) is 66.5 Å². The van der Waals surface area contributed by atoms with Crippen LogP contribution in [0.4, 0.5) is 0 Å². The van der Waals surface area contributed by atoms with Crippen molar-refractivity contribution in [2.75, 3.05) is 12.8 Å². The van der Waals surface area contributed by atoms with Gasteiger partial charge in [-0.25, -0.2) is 0 Å². The molecule has 0 radical (unpaired) electrons. The molecule has 23 heavy (non-hydrogen) atoms. The van der Waals surface area contributed by atoms with Gasteiger partial charge in [-0.15, -0.1) is 0 Å². The van der Waals surface area contributed by atoms with E-state index in [1.54, 1.807) is 11.0 Å². The molecule has 6 heteroatoms. The molecular formula is C17H20N2O3S. The Morgan fingerprint density at radius 3 is 2.70 bits per heavy atom. The second-order valence-corrected chi connectivity index (χ2v) is 6.51. The van der Waals surface area contributed by atoms with Gasteiger partial charge in [0.05, 0.1) is 0 Å². The first kappa shape index (κ1) is 17.1. The van der Waals surface area contributed by atoms with Crippen LogP contribution in [0.25, 0.3) is 6.08 Å². The van der Waals surface area contributed by atoms with E-state index < -0.39 is 10.8 Å². The molecule has 2 rings (SSSR count). The summed E-state index contributed by atoms with van der Waals surface area (Å²) in [5.74, 6) is -0.461. The molecule has 1 fully saturated rings. The van der Waals surface area contributed by atoms with E-state index in [0.29, 0.717) is 6.54 Å². The molecule has 122 valence electrons. The van der Waals surface area contributed by atoms with Gasteiger partial charge in [-0.2, -0.15) is 0 Å². The van der Waals surface area contributed by atoms with Crippen LogP contribution < -0.4 is 5.32 Å². The van der Waals surface area contributed by atoms with E-state index in [0.717, 1.165) is 18.4 Å². The second-order valence-electron chi connectivity index (χ2n) is 5.24. The van der Waals surface area contributed by atoms with Crippen molar-refractivity contribution in [1.29, 1.82) is 0 Å². The molecule has 1 saturated heterocycles. The van der Waals surface area contributed by atoms with Gasteiger partial charge in [-0.1, -0.05) is 30.3 Å². The maximum atomic E-state index is 12.3. The second kappa shape index (κ2) is 8.43. The number of hydrogen-bond donors (Lipinski definition) is 1. The Bertz CT molecular complexity index is 640. The molecule has 2 amide bonds. The Labute approximate surface area is 138 Å². The van der Waals surface area contributed by atoms with Crippen LogP contribution in [0.3, 0.4) is 0 Å². The maximum absolute atomic E-state index is 12.3. The van der Waals surface area contributed by atoms with Crippen molar-refractivity contribution in [2.24, 2.45) is 0 Å². The quantitative estimate of drug-likeness (QED) is 0.834. The summed E-state index contributed by atoms with van der Waals surface area (Å²) >= 11 is 0. The van der Waals surface area contributed by atoms with Gasteiger partial charge in [0.15, 0.2) is 0 Å². The van der Waals surface area contributed by atoms with Crippen molar-refractivity contribution in [3.63, 3.8) is 0 Å². The number of amides is 2. The van der Waals surface area contributed by atoms with E-state index in [1.807, 2.05) is 30.3 Å². The molecular weight excluding hydrogens is 312 g/mol. The molecule has 0 aromatic heterocycles. The third-order valence-electron chi connectivity index (χ3n) is 3.47. The summed E-state index contributed by atoms with van der Waals surface area (Å²) in [7, 11) is -1.16. The van der Waals surface area contributed by atoms with Crippen LogP contribution in [0.1, 0.15) is 18.4 Å². The zero-order chi connectivity index (χ0) is 16.7. The molecule has 0 bridgehead atoms. The lowest BCUT2D eigenvalue weighted by Gasteiger charge is -2.23. The predicted octanol–water partition coefficient (Wildman–Crippen LogP) is 1.66. The van der Waals surface area contributed by atoms with Crippen LogP contribution in [-0.2, 0) is 20.4 Å². The first-order chi connectivity index (χ1) is 11.1. The monoisotopic (exact) mass is 332 g/mol. The number of rotatable bonds is 5. The molecule has 0 aliphatic carbocycles. The third-order valence-corrected chi connectivity index (χ3v) is 3.99. The molecule has 2 atom stereocenters. The number of benzene rings is 1. The summed E-state index contributed by atoms with van der Waals surface area (Å²) in [5.41, 5.74) is 0.953. The SMILES string of the molecule is C[S@](=O)/C=C/C(=O)N[C@H]1CCCN1C(=O)/C=C/c1ccccc1. The number of carbonyl (C=O) groups is 2. The van der Waals surface area contributed by atoms with E-state index >= 15 is 0 Å². The highest BCUT2D eigenvalue weighted by molar-refractivity contribution is 7.87. The van der Waals surface area contributed by atoms with Gasteiger partial charge in [-0.05, 0) is 24.5 Å². The van der Waals surface area contributed by atoms with Gasteiger partial charge >= 0.3 is 0 Å². The Morgan fingerprint density at radius 2 is 2.00 bits per heavy atom. The minimum atomic E-state index is -1.16. The molecule has 1 aromatic rings. The molecule has 1 aliphatic heterocycles. The molecule has 1 aromatic carbocycles. The fourth-order valence-corrected chi connectivity index (χ4v) is 2.69. The lowest BCUT2D eigenvalue weighted by molar-refractivity contribution is -0.128. The smallest absolute Gasteiger partial charge is 0.248 e. The van der Waals surface area contributed by atoms with Gasteiger partial charge in [0, 0.05) is 41.2 Å². The minimum absolute atomic E-state index is 0.125. The van der Waals surface area contributed by atoms with Crippen molar-refractivity contribution in [1.82, 2.24) is 10.2 Å². The van der Waals surface area contributed by atoms with Crippen molar-refractivity contribution in [3.8, 4) is 0 Å². The molecule has 0 unspecified atom stereocenters. The molecule has 5 nitrogen and oxygen atoms in total. The standard InChI is InChI=1S/C17H20N2O3S/c1-23(22)13-11-16(20)18-15-8-5-12-19(15)17(21)10-9-14-6-3-2-4-7-14/h2-4,6-7,9-11,13,15H,5,8,12H2,1H3,(H,18,20)/b10-9+,13-11+/t15-,23+/m1/s1. The molecule has 1 aliphatic rings. The summed E-state index contributed by atoms with van der Waals surface area (Å²) < 4.78 is 10.9. The molecule has 1 heterocycles. The molecule has 0 saturated carbocycles. The number of carbonyl (C=O) groups excluding carboxylic acids is 2. The lowest BCUT2D eigenvalue weighted by atomic mass is 10.2. The molecule has 1 N–H and O–H groups in total. The van der Waals surface area contributed by atoms with Gasteiger partial charge in [-0.3, -0.25) is 13.8 Å². The number of likely N-dealkylation sites (tertiary alicyclic amines) is 1. The third kappa shape index (κ3) is 5.49. The number of nitrogens with one attached hydrogen (secondary N) is 1. The summed E-state index contributed by atoms with van der Waals surface area (Å²) in [6.45, 7) is 0.617. The van der Waals surface area contributed by atoms with Crippen LogP contribution in [0.15, 0.2) is 47.9 Å². The van der Waals surface area contributed by atoms with E-state index in [1.165, 1.54) is 23.8 Å². The minimum Gasteiger partial charge on any atom is -0.332 e. The van der Waals surface area contributed by atoms with Crippen LogP contribution in [0.5, 0.6) is 0 Å². The number of nitrogens with zero attached hydrogens (tertiary/aromatic N) is 1. The van der Waals surface area contributed by atoms with Crippen molar-refractivity contribution < 1.29 is 13.8 Å². The zero-order valence-electron chi connectivity index (χ0n) is 13.0. The first-order valence-electron chi connectivity index (χ1n) is 7.41. The first-order valence-corrected chi connectivity index (χ1v) is 9.03. The zero-order valence-corrected chi connectivity index (χ0v) is 13.8. The van der Waals surface area contributed by atoms with Gasteiger partial charge < -0.3 is 10.2 Å². The Hall–Kier alpha value is -2.21. The van der Waals surface area contributed by atoms with E-state index in [2.05, 4.69) is 5.32 Å². The highest BCUT2D eigenvalue weighted by atomic mass is 32.2. The Morgan fingerprint density at radius 1 is 1.26 bits per heavy atom. The highest BCUT2D eigenvalue weighted by Gasteiger charge is 2.28. The Balaban J connectivity index is 1.95. The van der Waals surface area contributed by atoms with Gasteiger partial charge in [0.25, 0.3) is 0 Å². The summed E-state index contributed by atoms with van der Waals surface area (Å²) in [4.78, 5) is 25.7. The van der Waals surface area contributed by atoms with Crippen LogP contribution in [0.2, 0.25) is 0 Å². The van der Waals surface area contributed by atoms with Gasteiger partial charge in [0.1, 0.15) is 6.17 Å². The largest absolute Gasteiger partial charge is 0.332 e. The average molecular weight is 332 g/mol. The lowest BCUT2D eigenvalue weighted by Crippen LogP contribution is -2.46. The normalized spacial score (nSPS) is 19.3. The maximum Gasteiger partial charge on any atom is 0.248 e. The highest BCUT2D eigenvalue weighted by Crippen LogP contribution is 2.16. The van der Waals surface area contributed by atoms with E-state index in [9.17, 15) is 13.8 Å². The van der Waals surface area contributed by atoms with Crippen LogP contribution in [-0.4, -0.2) is 39.9 Å². The fraction of sp³-hybridized carbons (Fsp3) is 0.294.